The SMILES string of the molecule is CS(=O)(=O)NCC(N)C(=O)NC(CO)C(O)C(O)C(O)C(=O)NC(CC(=O)O)c1ccccc1. The first kappa shape index (κ1) is 29.4. The number of aliphatic hydroxyl groups excluding tert-OH is 4. The zero-order valence-corrected chi connectivity index (χ0v) is 19.1. The quantitative estimate of drug-likeness (QED) is 0.117. The third kappa shape index (κ3) is 9.68. The van der Waals surface area contributed by atoms with Crippen LogP contribution < -0.4 is 21.1 Å². The summed E-state index contributed by atoms with van der Waals surface area (Å²) in [5, 5.41) is 53.6. The van der Waals surface area contributed by atoms with Crippen LogP contribution in [0.25, 0.3) is 0 Å². The molecule has 0 aromatic heterocycles. The fourth-order valence-electron chi connectivity index (χ4n) is 2.81. The van der Waals surface area contributed by atoms with E-state index in [0.29, 0.717) is 5.56 Å². The Hall–Kier alpha value is -2.66. The molecule has 192 valence electrons. The van der Waals surface area contributed by atoms with Gasteiger partial charge in [-0.3, -0.25) is 14.4 Å². The Morgan fingerprint density at radius 2 is 1.59 bits per heavy atom. The molecule has 0 aliphatic rings. The van der Waals surface area contributed by atoms with Crippen LogP contribution in [0.15, 0.2) is 30.3 Å². The third-order valence-electron chi connectivity index (χ3n) is 4.68. The van der Waals surface area contributed by atoms with Crippen LogP contribution >= 0.6 is 0 Å². The molecule has 0 heterocycles. The lowest BCUT2D eigenvalue weighted by atomic mass is 9.99. The van der Waals surface area contributed by atoms with E-state index in [4.69, 9.17) is 10.8 Å². The molecular weight excluding hydrogens is 476 g/mol. The average molecular weight is 507 g/mol. The van der Waals surface area contributed by atoms with E-state index in [1.165, 1.54) is 0 Å². The number of carbonyl (C=O) groups is 3. The van der Waals surface area contributed by atoms with Gasteiger partial charge >= 0.3 is 5.97 Å². The van der Waals surface area contributed by atoms with Gasteiger partial charge in [-0.1, -0.05) is 30.3 Å². The number of aliphatic carboxylic acids is 1. The van der Waals surface area contributed by atoms with Crippen LogP contribution in [0.3, 0.4) is 0 Å². The highest BCUT2D eigenvalue weighted by Gasteiger charge is 2.37. The van der Waals surface area contributed by atoms with Gasteiger partial charge in [-0.05, 0) is 5.56 Å². The molecule has 0 bridgehead atoms. The molecule has 0 fully saturated rings. The van der Waals surface area contributed by atoms with Gasteiger partial charge in [0.15, 0.2) is 6.10 Å². The first-order valence-corrected chi connectivity index (χ1v) is 11.9. The Morgan fingerprint density at radius 1 is 1.00 bits per heavy atom. The molecule has 34 heavy (non-hydrogen) atoms. The molecule has 6 atom stereocenters. The minimum absolute atomic E-state index is 0.415. The zero-order chi connectivity index (χ0) is 26.1. The maximum Gasteiger partial charge on any atom is 0.305 e. The van der Waals surface area contributed by atoms with Crippen molar-refractivity contribution in [3.8, 4) is 0 Å². The van der Waals surface area contributed by atoms with E-state index in [9.17, 15) is 43.2 Å². The van der Waals surface area contributed by atoms with Gasteiger partial charge < -0.3 is 41.9 Å². The van der Waals surface area contributed by atoms with Crippen LogP contribution in [0.1, 0.15) is 18.0 Å². The number of nitrogens with one attached hydrogen (secondary N) is 3. The van der Waals surface area contributed by atoms with E-state index in [0.717, 1.165) is 6.26 Å². The van der Waals surface area contributed by atoms with Crippen LogP contribution in [0.4, 0.5) is 0 Å². The van der Waals surface area contributed by atoms with E-state index in [-0.39, 0.29) is 0 Å². The molecular formula is C19H30N4O10S. The fourth-order valence-corrected chi connectivity index (χ4v) is 3.29. The van der Waals surface area contributed by atoms with Gasteiger partial charge in [0.2, 0.25) is 15.9 Å². The Kier molecular flexibility index (Phi) is 11.5. The summed E-state index contributed by atoms with van der Waals surface area (Å²) in [6.07, 6.45) is -6.21. The van der Waals surface area contributed by atoms with Gasteiger partial charge in [-0.25, -0.2) is 13.1 Å². The molecule has 0 saturated heterocycles. The maximum absolute atomic E-state index is 12.4. The molecule has 6 unspecified atom stereocenters. The number of sulfonamides is 1. The van der Waals surface area contributed by atoms with E-state index in [2.05, 4.69) is 10.6 Å². The largest absolute Gasteiger partial charge is 0.481 e. The molecule has 0 saturated carbocycles. The second-order valence-electron chi connectivity index (χ2n) is 7.52. The number of aliphatic hydroxyl groups is 4. The van der Waals surface area contributed by atoms with Gasteiger partial charge in [-0.15, -0.1) is 0 Å². The van der Waals surface area contributed by atoms with Crippen molar-refractivity contribution >= 4 is 27.8 Å². The van der Waals surface area contributed by atoms with Crippen LogP contribution in [0, 0.1) is 0 Å². The summed E-state index contributed by atoms with van der Waals surface area (Å²) in [7, 11) is -3.64. The number of rotatable bonds is 14. The average Bonchev–Trinajstić information content (AvgIpc) is 2.78. The number of hydrogen-bond donors (Lipinski definition) is 9. The number of carboxylic acid groups (broad SMARTS) is 1. The van der Waals surface area contributed by atoms with E-state index in [1.54, 1.807) is 30.3 Å². The van der Waals surface area contributed by atoms with Crippen molar-refractivity contribution in [2.24, 2.45) is 5.73 Å². The molecule has 1 rings (SSSR count). The number of benzene rings is 1. The number of carboxylic acids is 1. The molecule has 1 aromatic rings. The summed E-state index contributed by atoms with van der Waals surface area (Å²) < 4.78 is 24.2. The monoisotopic (exact) mass is 506 g/mol. The van der Waals surface area contributed by atoms with Gasteiger partial charge in [0.25, 0.3) is 5.91 Å². The normalized spacial score (nSPS) is 17.0. The maximum atomic E-state index is 12.4. The van der Waals surface area contributed by atoms with Crippen LogP contribution in [-0.2, 0) is 24.4 Å². The molecule has 0 aliphatic heterocycles. The zero-order valence-electron chi connectivity index (χ0n) is 18.2. The van der Waals surface area contributed by atoms with Crippen LogP contribution in [-0.4, -0.2) is 102 Å². The minimum atomic E-state index is -3.64. The lowest BCUT2D eigenvalue weighted by Gasteiger charge is -2.30. The second kappa shape index (κ2) is 13.3. The summed E-state index contributed by atoms with van der Waals surface area (Å²) in [4.78, 5) is 35.7. The van der Waals surface area contributed by atoms with Crippen molar-refractivity contribution in [3.63, 3.8) is 0 Å². The number of carbonyl (C=O) groups excluding carboxylic acids is 2. The van der Waals surface area contributed by atoms with E-state index in [1.807, 2.05) is 4.72 Å². The number of nitrogens with two attached hydrogens (primary N) is 1. The van der Waals surface area contributed by atoms with E-state index >= 15 is 0 Å². The van der Waals surface area contributed by atoms with Gasteiger partial charge in [0.05, 0.1) is 37.4 Å². The molecule has 0 aliphatic carbocycles. The predicted octanol–water partition coefficient (Wildman–Crippen LogP) is -4.25. The highest BCUT2D eigenvalue weighted by molar-refractivity contribution is 7.88. The fraction of sp³-hybridized carbons (Fsp3) is 0.526. The van der Waals surface area contributed by atoms with E-state index < -0.39 is 83.8 Å². The number of amides is 2. The topological polar surface area (TPSA) is 249 Å². The first-order valence-electron chi connectivity index (χ1n) is 9.99. The van der Waals surface area contributed by atoms with Crippen LogP contribution in [0.2, 0.25) is 0 Å². The lowest BCUT2D eigenvalue weighted by Crippen LogP contribution is -2.59. The summed E-state index contributed by atoms with van der Waals surface area (Å²) >= 11 is 0. The summed E-state index contributed by atoms with van der Waals surface area (Å²) in [6.45, 7) is -1.42. The van der Waals surface area contributed by atoms with Crippen molar-refractivity contribution in [2.75, 3.05) is 19.4 Å². The van der Waals surface area contributed by atoms with Crippen molar-refractivity contribution < 1.29 is 48.3 Å². The minimum Gasteiger partial charge on any atom is -0.481 e. The smallest absolute Gasteiger partial charge is 0.305 e. The highest BCUT2D eigenvalue weighted by Crippen LogP contribution is 2.17. The van der Waals surface area contributed by atoms with Crippen molar-refractivity contribution in [2.45, 2.75) is 42.9 Å². The Morgan fingerprint density at radius 3 is 2.09 bits per heavy atom. The Bertz CT molecular complexity index is 930. The lowest BCUT2D eigenvalue weighted by molar-refractivity contribution is -0.144. The summed E-state index contributed by atoms with van der Waals surface area (Å²) in [5.41, 5.74) is 5.95. The standard InChI is InChI=1S/C19H30N4O10S/c1-34(32,33)21-8-11(20)18(30)23-13(9-24)15(27)16(28)17(29)19(31)22-12(7-14(25)26)10-5-3-2-4-6-10/h2-6,11-13,15-17,21,24,27-29H,7-9,20H2,1H3,(H,22,31)(H,23,30)(H,25,26). The highest BCUT2D eigenvalue weighted by atomic mass is 32.2. The Balaban J connectivity index is 2.82. The molecule has 14 nitrogen and oxygen atoms in total. The molecule has 0 radical (unpaired) electrons. The Labute approximate surface area is 195 Å². The summed E-state index contributed by atoms with van der Waals surface area (Å²) in [6, 6.07) is 3.92. The molecule has 0 spiro atoms. The van der Waals surface area contributed by atoms with Crippen molar-refractivity contribution in [1.29, 1.82) is 0 Å². The molecule has 15 heteroatoms. The van der Waals surface area contributed by atoms with Gasteiger partial charge in [0.1, 0.15) is 12.2 Å². The summed E-state index contributed by atoms with van der Waals surface area (Å²) in [5.74, 6) is -3.45. The van der Waals surface area contributed by atoms with Crippen molar-refractivity contribution in [3.05, 3.63) is 35.9 Å². The van der Waals surface area contributed by atoms with Gasteiger partial charge in [0, 0.05) is 6.54 Å². The third-order valence-corrected chi connectivity index (χ3v) is 5.37. The second-order valence-corrected chi connectivity index (χ2v) is 9.35. The van der Waals surface area contributed by atoms with Gasteiger partial charge in [-0.2, -0.15) is 0 Å². The molecule has 2 amide bonds. The molecule has 1 aromatic carbocycles. The first-order chi connectivity index (χ1) is 15.8. The molecule has 10 N–H and O–H groups in total. The van der Waals surface area contributed by atoms with Crippen LogP contribution in [0.5, 0.6) is 0 Å². The number of hydrogen-bond acceptors (Lipinski definition) is 10. The predicted molar refractivity (Wildman–Crippen MR) is 117 cm³/mol. The van der Waals surface area contributed by atoms with Crippen molar-refractivity contribution in [1.82, 2.24) is 15.4 Å².